The number of phenolic OH excluding ortho intramolecular Hbond substituents is 1. The van der Waals surface area contributed by atoms with Crippen LogP contribution in [0.5, 0.6) is 23.0 Å². The lowest BCUT2D eigenvalue weighted by Crippen LogP contribution is -2.17. The lowest BCUT2D eigenvalue weighted by atomic mass is 10.1. The summed E-state index contributed by atoms with van der Waals surface area (Å²) in [5.41, 5.74) is 1.69. The van der Waals surface area contributed by atoms with Crippen molar-refractivity contribution in [2.75, 3.05) is 13.2 Å². The second kappa shape index (κ2) is 8.00. The Bertz CT molecular complexity index is 673. The van der Waals surface area contributed by atoms with Crippen molar-refractivity contribution in [1.29, 1.82) is 0 Å². The van der Waals surface area contributed by atoms with Crippen molar-refractivity contribution in [3.63, 3.8) is 0 Å². The fourth-order valence-corrected chi connectivity index (χ4v) is 2.32. The van der Waals surface area contributed by atoms with Crippen molar-refractivity contribution in [2.45, 2.75) is 26.6 Å². The van der Waals surface area contributed by atoms with E-state index in [-0.39, 0.29) is 11.5 Å². The van der Waals surface area contributed by atoms with Gasteiger partial charge < -0.3 is 19.3 Å². The zero-order chi connectivity index (χ0) is 18.4. The maximum atomic E-state index is 12.1. The SMILES string of the molecule is Cc1cc(O)cc(C)c1OCCCOc1ccc(OC(F)(F)F)cc1. The highest BCUT2D eigenvalue weighted by Crippen LogP contribution is 2.28. The minimum absolute atomic E-state index is 0.198. The van der Waals surface area contributed by atoms with Crippen LogP contribution in [0.1, 0.15) is 17.5 Å². The molecule has 136 valence electrons. The number of rotatable bonds is 7. The molecule has 0 atom stereocenters. The molecule has 0 amide bonds. The topological polar surface area (TPSA) is 47.9 Å². The smallest absolute Gasteiger partial charge is 0.508 e. The molecule has 1 N–H and O–H groups in total. The number of alkyl halides is 3. The fourth-order valence-electron chi connectivity index (χ4n) is 2.32. The third-order valence-corrected chi connectivity index (χ3v) is 3.31. The van der Waals surface area contributed by atoms with Gasteiger partial charge in [0.25, 0.3) is 0 Å². The summed E-state index contributed by atoms with van der Waals surface area (Å²) < 4.78 is 51.1. The number of aromatic hydroxyl groups is 1. The number of aryl methyl sites for hydroxylation is 2. The minimum Gasteiger partial charge on any atom is -0.508 e. The summed E-state index contributed by atoms with van der Waals surface area (Å²) in [5, 5.41) is 9.49. The van der Waals surface area contributed by atoms with E-state index in [4.69, 9.17) is 9.47 Å². The van der Waals surface area contributed by atoms with E-state index in [9.17, 15) is 18.3 Å². The monoisotopic (exact) mass is 356 g/mol. The third-order valence-electron chi connectivity index (χ3n) is 3.31. The van der Waals surface area contributed by atoms with Crippen LogP contribution in [0.15, 0.2) is 36.4 Å². The molecule has 0 heterocycles. The first-order chi connectivity index (χ1) is 11.7. The van der Waals surface area contributed by atoms with Gasteiger partial charge in [-0.25, -0.2) is 0 Å². The normalized spacial score (nSPS) is 11.2. The van der Waals surface area contributed by atoms with Crippen LogP contribution in [0.25, 0.3) is 0 Å². The highest BCUT2D eigenvalue weighted by atomic mass is 19.4. The number of benzene rings is 2. The first-order valence-corrected chi connectivity index (χ1v) is 7.66. The van der Waals surface area contributed by atoms with Gasteiger partial charge in [0, 0.05) is 6.42 Å². The lowest BCUT2D eigenvalue weighted by molar-refractivity contribution is -0.274. The van der Waals surface area contributed by atoms with Crippen LogP contribution in [-0.2, 0) is 0 Å². The molecule has 25 heavy (non-hydrogen) atoms. The molecule has 0 aliphatic carbocycles. The van der Waals surface area contributed by atoms with Crippen LogP contribution in [0, 0.1) is 13.8 Å². The maximum Gasteiger partial charge on any atom is 0.573 e. The highest BCUT2D eigenvalue weighted by Gasteiger charge is 2.30. The van der Waals surface area contributed by atoms with Crippen molar-refractivity contribution in [1.82, 2.24) is 0 Å². The molecule has 0 unspecified atom stereocenters. The van der Waals surface area contributed by atoms with E-state index < -0.39 is 6.36 Å². The standard InChI is InChI=1S/C18H19F3O4/c1-12-10-14(22)11-13(2)17(12)24-9-3-8-23-15-4-6-16(7-5-15)25-18(19,20)21/h4-7,10-11,22H,3,8-9H2,1-2H3. The molecule has 2 rings (SSSR count). The fraction of sp³-hybridized carbons (Fsp3) is 0.333. The Morgan fingerprint density at radius 2 is 1.40 bits per heavy atom. The molecule has 0 aliphatic heterocycles. The Morgan fingerprint density at radius 1 is 0.880 bits per heavy atom. The van der Waals surface area contributed by atoms with Crippen LogP contribution < -0.4 is 14.2 Å². The van der Waals surface area contributed by atoms with Gasteiger partial charge in [-0.3, -0.25) is 0 Å². The molecule has 2 aromatic rings. The van der Waals surface area contributed by atoms with E-state index in [1.807, 2.05) is 13.8 Å². The summed E-state index contributed by atoms with van der Waals surface area (Å²) in [4.78, 5) is 0. The Balaban J connectivity index is 1.75. The van der Waals surface area contributed by atoms with Gasteiger partial charge in [-0.1, -0.05) is 0 Å². The summed E-state index contributed by atoms with van der Waals surface area (Å²) in [5.74, 6) is 1.09. The van der Waals surface area contributed by atoms with E-state index in [1.165, 1.54) is 24.3 Å². The average molecular weight is 356 g/mol. The molecule has 0 aliphatic rings. The minimum atomic E-state index is -4.70. The van der Waals surface area contributed by atoms with Crippen molar-refractivity contribution < 1.29 is 32.5 Å². The molecule has 0 saturated carbocycles. The van der Waals surface area contributed by atoms with E-state index in [0.29, 0.717) is 25.4 Å². The zero-order valence-electron chi connectivity index (χ0n) is 13.9. The molecule has 0 aromatic heterocycles. The quantitative estimate of drug-likeness (QED) is 0.727. The Morgan fingerprint density at radius 3 is 1.96 bits per heavy atom. The van der Waals surface area contributed by atoms with Gasteiger partial charge in [-0.15, -0.1) is 13.2 Å². The largest absolute Gasteiger partial charge is 0.573 e. The first-order valence-electron chi connectivity index (χ1n) is 7.66. The molecular weight excluding hydrogens is 337 g/mol. The van der Waals surface area contributed by atoms with E-state index >= 15 is 0 Å². The molecule has 0 saturated heterocycles. The second-order valence-corrected chi connectivity index (χ2v) is 5.48. The van der Waals surface area contributed by atoms with Crippen LogP contribution in [0.2, 0.25) is 0 Å². The number of ether oxygens (including phenoxy) is 3. The van der Waals surface area contributed by atoms with Crippen molar-refractivity contribution in [3.8, 4) is 23.0 Å². The van der Waals surface area contributed by atoms with Gasteiger partial charge in [0.05, 0.1) is 13.2 Å². The lowest BCUT2D eigenvalue weighted by Gasteiger charge is -2.13. The molecule has 0 radical (unpaired) electrons. The van der Waals surface area contributed by atoms with Crippen molar-refractivity contribution >= 4 is 0 Å². The zero-order valence-corrected chi connectivity index (χ0v) is 13.9. The van der Waals surface area contributed by atoms with Gasteiger partial charge in [-0.2, -0.15) is 0 Å². The van der Waals surface area contributed by atoms with Crippen molar-refractivity contribution in [3.05, 3.63) is 47.5 Å². The van der Waals surface area contributed by atoms with Gasteiger partial charge in [0.1, 0.15) is 23.0 Å². The molecular formula is C18H19F3O4. The maximum absolute atomic E-state index is 12.1. The Hall–Kier alpha value is -2.57. The van der Waals surface area contributed by atoms with Gasteiger partial charge in [-0.05, 0) is 61.4 Å². The molecule has 0 fully saturated rings. The number of hydrogen-bond donors (Lipinski definition) is 1. The van der Waals surface area contributed by atoms with E-state index in [2.05, 4.69) is 4.74 Å². The second-order valence-electron chi connectivity index (χ2n) is 5.48. The molecule has 7 heteroatoms. The van der Waals surface area contributed by atoms with Gasteiger partial charge in [0.2, 0.25) is 0 Å². The molecule has 2 aromatic carbocycles. The predicted octanol–water partition coefficient (Wildman–Crippen LogP) is 4.76. The molecule has 0 bridgehead atoms. The van der Waals surface area contributed by atoms with Gasteiger partial charge >= 0.3 is 6.36 Å². The third kappa shape index (κ3) is 6.10. The molecule has 0 spiro atoms. The van der Waals surface area contributed by atoms with Crippen molar-refractivity contribution in [2.24, 2.45) is 0 Å². The van der Waals surface area contributed by atoms with Crippen LogP contribution in [-0.4, -0.2) is 24.7 Å². The number of hydrogen-bond acceptors (Lipinski definition) is 4. The first kappa shape index (κ1) is 18.8. The number of phenols is 1. The summed E-state index contributed by atoms with van der Waals surface area (Å²) in [6, 6.07) is 8.48. The van der Waals surface area contributed by atoms with Crippen LogP contribution in [0.4, 0.5) is 13.2 Å². The number of halogens is 3. The molecule has 4 nitrogen and oxygen atoms in total. The van der Waals surface area contributed by atoms with Crippen LogP contribution in [0.3, 0.4) is 0 Å². The van der Waals surface area contributed by atoms with Gasteiger partial charge in [0.15, 0.2) is 0 Å². The predicted molar refractivity (Wildman–Crippen MR) is 86.3 cm³/mol. The highest BCUT2D eigenvalue weighted by molar-refractivity contribution is 5.45. The Kier molecular flexibility index (Phi) is 6.01. The average Bonchev–Trinajstić information content (AvgIpc) is 2.49. The summed E-state index contributed by atoms with van der Waals surface area (Å²) in [6.07, 6.45) is -4.11. The Labute approximate surface area is 143 Å². The van der Waals surface area contributed by atoms with E-state index in [0.717, 1.165) is 16.9 Å². The van der Waals surface area contributed by atoms with Crippen LogP contribution >= 0.6 is 0 Å². The summed E-state index contributed by atoms with van der Waals surface area (Å²) in [7, 11) is 0. The summed E-state index contributed by atoms with van der Waals surface area (Å²) >= 11 is 0. The van der Waals surface area contributed by atoms with E-state index in [1.54, 1.807) is 12.1 Å². The summed E-state index contributed by atoms with van der Waals surface area (Å²) in [6.45, 7) is 4.48.